The van der Waals surface area contributed by atoms with Crippen molar-refractivity contribution in [3.8, 4) is 0 Å². The number of carbonyl (C=O) groups is 2. The third-order valence-corrected chi connectivity index (χ3v) is 5.68. The summed E-state index contributed by atoms with van der Waals surface area (Å²) in [5.41, 5.74) is 1.01. The quantitative estimate of drug-likeness (QED) is 0.808. The van der Waals surface area contributed by atoms with Crippen LogP contribution in [0, 0.1) is 0 Å². The molecule has 1 saturated heterocycles. The molecule has 1 aliphatic rings. The number of primary sulfonamides is 1. The predicted octanol–water partition coefficient (Wildman–Crippen LogP) is 2.45. The van der Waals surface area contributed by atoms with Gasteiger partial charge in [-0.1, -0.05) is 23.7 Å². The standard InChI is InChI=1S/C18H17ClN2O4S/c19-15-8-7-14(11-16(15)26(20,24)25)17(22)12-3-5-13(6-4-12)18(23)21-9-1-2-10-21/h3-8,11H,1-2,9-10H2,(H2,20,24,25). The van der Waals surface area contributed by atoms with Crippen LogP contribution in [0.2, 0.25) is 5.02 Å². The van der Waals surface area contributed by atoms with Gasteiger partial charge in [-0.3, -0.25) is 9.59 Å². The van der Waals surface area contributed by atoms with Gasteiger partial charge >= 0.3 is 0 Å². The van der Waals surface area contributed by atoms with Crippen LogP contribution in [0.4, 0.5) is 0 Å². The van der Waals surface area contributed by atoms with Gasteiger partial charge in [0.05, 0.1) is 5.02 Å². The molecule has 0 aromatic heterocycles. The van der Waals surface area contributed by atoms with Crippen molar-refractivity contribution in [2.75, 3.05) is 13.1 Å². The zero-order valence-corrected chi connectivity index (χ0v) is 15.4. The maximum absolute atomic E-state index is 12.6. The lowest BCUT2D eigenvalue weighted by Crippen LogP contribution is -2.27. The van der Waals surface area contributed by atoms with Gasteiger partial charge in [0.2, 0.25) is 10.0 Å². The molecule has 0 saturated carbocycles. The van der Waals surface area contributed by atoms with Crippen molar-refractivity contribution in [1.29, 1.82) is 0 Å². The molecule has 3 rings (SSSR count). The Kier molecular flexibility index (Phi) is 5.13. The second kappa shape index (κ2) is 7.19. The van der Waals surface area contributed by atoms with E-state index in [1.807, 2.05) is 0 Å². The summed E-state index contributed by atoms with van der Waals surface area (Å²) in [7, 11) is -4.03. The van der Waals surface area contributed by atoms with Gasteiger partial charge in [-0.2, -0.15) is 0 Å². The largest absolute Gasteiger partial charge is 0.339 e. The molecule has 1 heterocycles. The van der Waals surface area contributed by atoms with Crippen LogP contribution in [0.5, 0.6) is 0 Å². The molecule has 0 aliphatic carbocycles. The van der Waals surface area contributed by atoms with Crippen LogP contribution in [0.1, 0.15) is 39.1 Å². The number of rotatable bonds is 4. The Balaban J connectivity index is 1.85. The first-order chi connectivity index (χ1) is 12.3. The van der Waals surface area contributed by atoms with Crippen molar-refractivity contribution in [1.82, 2.24) is 4.90 Å². The van der Waals surface area contributed by atoms with Crippen molar-refractivity contribution in [2.45, 2.75) is 17.7 Å². The molecule has 0 unspecified atom stereocenters. The van der Waals surface area contributed by atoms with Gasteiger partial charge in [0, 0.05) is 29.8 Å². The maximum atomic E-state index is 12.6. The fraction of sp³-hybridized carbons (Fsp3) is 0.222. The first-order valence-corrected chi connectivity index (χ1v) is 9.96. The van der Waals surface area contributed by atoms with Gasteiger partial charge in [0.1, 0.15) is 4.90 Å². The number of carbonyl (C=O) groups excluding carboxylic acids is 2. The Hall–Kier alpha value is -2.22. The molecule has 136 valence electrons. The third-order valence-electron chi connectivity index (χ3n) is 4.29. The molecular formula is C18H17ClN2O4S. The Morgan fingerprint density at radius 3 is 2.04 bits per heavy atom. The lowest BCUT2D eigenvalue weighted by molar-refractivity contribution is 0.0792. The summed E-state index contributed by atoms with van der Waals surface area (Å²) in [4.78, 5) is 26.4. The van der Waals surface area contributed by atoms with Crippen LogP contribution < -0.4 is 5.14 Å². The van der Waals surface area contributed by atoms with Crippen molar-refractivity contribution in [3.05, 3.63) is 64.2 Å². The van der Waals surface area contributed by atoms with E-state index >= 15 is 0 Å². The van der Waals surface area contributed by atoms with E-state index in [0.717, 1.165) is 32.0 Å². The van der Waals surface area contributed by atoms with Gasteiger partial charge in [-0.05, 0) is 43.2 Å². The second-order valence-corrected chi connectivity index (χ2v) is 8.03. The molecule has 8 heteroatoms. The summed E-state index contributed by atoms with van der Waals surface area (Å²) in [5.74, 6) is -0.434. The molecule has 0 atom stereocenters. The van der Waals surface area contributed by atoms with E-state index in [-0.39, 0.29) is 27.2 Å². The van der Waals surface area contributed by atoms with Gasteiger partial charge in [0.15, 0.2) is 5.78 Å². The summed E-state index contributed by atoms with van der Waals surface area (Å²) in [6.45, 7) is 1.50. The van der Waals surface area contributed by atoms with Crippen molar-refractivity contribution in [2.24, 2.45) is 5.14 Å². The monoisotopic (exact) mass is 392 g/mol. The minimum atomic E-state index is -4.03. The highest BCUT2D eigenvalue weighted by molar-refractivity contribution is 7.89. The number of hydrogen-bond donors (Lipinski definition) is 1. The molecule has 2 aromatic carbocycles. The highest BCUT2D eigenvalue weighted by atomic mass is 35.5. The van der Waals surface area contributed by atoms with E-state index in [4.69, 9.17) is 16.7 Å². The van der Waals surface area contributed by atoms with E-state index in [9.17, 15) is 18.0 Å². The van der Waals surface area contributed by atoms with Gasteiger partial charge in [0.25, 0.3) is 5.91 Å². The summed E-state index contributed by atoms with van der Waals surface area (Å²) < 4.78 is 23.1. The number of nitrogens with two attached hydrogens (primary N) is 1. The summed E-state index contributed by atoms with van der Waals surface area (Å²) in [6.07, 6.45) is 2.01. The number of likely N-dealkylation sites (tertiary alicyclic amines) is 1. The number of halogens is 1. The van der Waals surface area contributed by atoms with Crippen LogP contribution >= 0.6 is 11.6 Å². The highest BCUT2D eigenvalue weighted by Crippen LogP contribution is 2.23. The van der Waals surface area contributed by atoms with E-state index in [0.29, 0.717) is 11.1 Å². The van der Waals surface area contributed by atoms with E-state index in [2.05, 4.69) is 0 Å². The lowest BCUT2D eigenvalue weighted by Gasteiger charge is -2.15. The fourth-order valence-corrected chi connectivity index (χ4v) is 3.97. The summed E-state index contributed by atoms with van der Waals surface area (Å²) >= 11 is 5.84. The lowest BCUT2D eigenvalue weighted by atomic mass is 10.0. The number of ketones is 1. The molecule has 26 heavy (non-hydrogen) atoms. The molecule has 0 bridgehead atoms. The maximum Gasteiger partial charge on any atom is 0.253 e. The molecule has 0 radical (unpaired) electrons. The topological polar surface area (TPSA) is 97.5 Å². The number of sulfonamides is 1. The third kappa shape index (κ3) is 3.80. The van der Waals surface area contributed by atoms with E-state index < -0.39 is 10.0 Å². The first kappa shape index (κ1) is 18.6. The van der Waals surface area contributed by atoms with Crippen molar-refractivity contribution < 1.29 is 18.0 Å². The Bertz CT molecular complexity index is 965. The number of nitrogens with zero attached hydrogens (tertiary/aromatic N) is 1. The fourth-order valence-electron chi connectivity index (χ4n) is 2.90. The van der Waals surface area contributed by atoms with E-state index in [1.165, 1.54) is 12.1 Å². The van der Waals surface area contributed by atoms with Crippen LogP contribution in [-0.4, -0.2) is 38.1 Å². The molecule has 0 spiro atoms. The van der Waals surface area contributed by atoms with Crippen molar-refractivity contribution in [3.63, 3.8) is 0 Å². The first-order valence-electron chi connectivity index (χ1n) is 8.04. The second-order valence-electron chi connectivity index (χ2n) is 6.10. The number of amides is 1. The molecule has 1 amide bonds. The molecular weight excluding hydrogens is 376 g/mol. The predicted molar refractivity (Wildman–Crippen MR) is 97.8 cm³/mol. The number of hydrogen-bond acceptors (Lipinski definition) is 4. The minimum Gasteiger partial charge on any atom is -0.339 e. The van der Waals surface area contributed by atoms with Crippen LogP contribution in [-0.2, 0) is 10.0 Å². The highest BCUT2D eigenvalue weighted by Gasteiger charge is 2.20. The molecule has 6 nitrogen and oxygen atoms in total. The molecule has 2 N–H and O–H groups in total. The van der Waals surface area contributed by atoms with Crippen LogP contribution in [0.3, 0.4) is 0 Å². The van der Waals surface area contributed by atoms with Gasteiger partial charge < -0.3 is 4.90 Å². The zero-order valence-electron chi connectivity index (χ0n) is 13.8. The van der Waals surface area contributed by atoms with E-state index in [1.54, 1.807) is 29.2 Å². The van der Waals surface area contributed by atoms with Gasteiger partial charge in [-0.25, -0.2) is 13.6 Å². The molecule has 1 aliphatic heterocycles. The van der Waals surface area contributed by atoms with Gasteiger partial charge in [-0.15, -0.1) is 0 Å². The zero-order chi connectivity index (χ0) is 18.9. The SMILES string of the molecule is NS(=O)(=O)c1cc(C(=O)c2ccc(C(=O)N3CCCC3)cc2)ccc1Cl. The van der Waals surface area contributed by atoms with Crippen LogP contribution in [0.25, 0.3) is 0 Å². The average Bonchev–Trinajstić information content (AvgIpc) is 3.15. The summed E-state index contributed by atoms with van der Waals surface area (Å²) in [5, 5.41) is 5.07. The Morgan fingerprint density at radius 2 is 1.46 bits per heavy atom. The smallest absolute Gasteiger partial charge is 0.253 e. The average molecular weight is 393 g/mol. The van der Waals surface area contributed by atoms with Crippen molar-refractivity contribution >= 4 is 33.3 Å². The Morgan fingerprint density at radius 1 is 0.923 bits per heavy atom. The Labute approximate surface area is 156 Å². The molecule has 1 fully saturated rings. The number of benzene rings is 2. The minimum absolute atomic E-state index is 0.0457. The normalized spacial score (nSPS) is 14.5. The molecule has 2 aromatic rings. The summed E-state index contributed by atoms with van der Waals surface area (Å²) in [6, 6.07) is 10.2. The van der Waals surface area contributed by atoms with Crippen LogP contribution in [0.15, 0.2) is 47.4 Å².